The van der Waals surface area contributed by atoms with Gasteiger partial charge in [-0.2, -0.15) is 0 Å². The molecule has 32 heavy (non-hydrogen) atoms. The maximum Gasteiger partial charge on any atom is 0.139 e. The third kappa shape index (κ3) is 5.51. The van der Waals surface area contributed by atoms with Gasteiger partial charge in [0.15, 0.2) is 0 Å². The molecule has 1 fully saturated rings. The Morgan fingerprint density at radius 2 is 1.75 bits per heavy atom. The summed E-state index contributed by atoms with van der Waals surface area (Å²) in [4.78, 5) is 4.97. The van der Waals surface area contributed by atoms with E-state index in [1.54, 1.807) is 7.11 Å². The lowest BCUT2D eigenvalue weighted by Gasteiger charge is -2.40. The Kier molecular flexibility index (Phi) is 8.69. The van der Waals surface area contributed by atoms with Crippen molar-refractivity contribution < 1.29 is 9.47 Å². The molecule has 3 rings (SSSR count). The third-order valence-electron chi connectivity index (χ3n) is 6.83. The summed E-state index contributed by atoms with van der Waals surface area (Å²) < 4.78 is 11.7. The predicted molar refractivity (Wildman–Crippen MR) is 134 cm³/mol. The van der Waals surface area contributed by atoms with Crippen LogP contribution in [0.25, 0.3) is 0 Å². The molecular weight excluding hydrogens is 422 g/mol. The molecule has 2 atom stereocenters. The second-order valence-electron chi connectivity index (χ2n) is 8.65. The maximum absolute atomic E-state index is 6.27. The zero-order valence-corrected chi connectivity index (χ0v) is 20.9. The Bertz CT molecular complexity index is 897. The van der Waals surface area contributed by atoms with E-state index >= 15 is 0 Å². The molecule has 0 amide bonds. The molecule has 2 aromatic carbocycles. The summed E-state index contributed by atoms with van der Waals surface area (Å²) in [7, 11) is 1.66. The van der Waals surface area contributed by atoms with Crippen molar-refractivity contribution in [2.45, 2.75) is 52.7 Å². The number of nitrogens with zero attached hydrogens (tertiary/aromatic N) is 2. The van der Waals surface area contributed by atoms with Crippen LogP contribution < -0.4 is 20.1 Å². The van der Waals surface area contributed by atoms with E-state index in [-0.39, 0.29) is 6.10 Å². The summed E-state index contributed by atoms with van der Waals surface area (Å²) in [6.45, 7) is 13.5. The molecule has 0 bridgehead atoms. The molecule has 176 valence electrons. The molecule has 0 aromatic heterocycles. The third-order valence-corrected chi connectivity index (χ3v) is 7.14. The van der Waals surface area contributed by atoms with Crippen LogP contribution in [-0.2, 0) is 0 Å². The van der Waals surface area contributed by atoms with Gasteiger partial charge in [0.05, 0.1) is 18.2 Å². The monoisotopic (exact) mass is 459 g/mol. The highest BCUT2D eigenvalue weighted by Gasteiger charge is 2.25. The predicted octanol–water partition coefficient (Wildman–Crippen LogP) is 5.35. The zero-order valence-electron chi connectivity index (χ0n) is 20.2. The first-order valence-corrected chi connectivity index (χ1v) is 12.1. The van der Waals surface area contributed by atoms with E-state index in [2.05, 4.69) is 55.7 Å². The minimum atomic E-state index is 0.181. The lowest BCUT2D eigenvalue weighted by atomic mass is 9.96. The second kappa shape index (κ2) is 11.3. The molecule has 1 aliphatic heterocycles. The van der Waals surface area contributed by atoms with E-state index in [1.165, 1.54) is 16.7 Å². The van der Waals surface area contributed by atoms with E-state index in [0.29, 0.717) is 17.6 Å². The fourth-order valence-electron chi connectivity index (χ4n) is 4.52. The van der Waals surface area contributed by atoms with Crippen LogP contribution >= 0.6 is 11.6 Å². The van der Waals surface area contributed by atoms with Gasteiger partial charge in [0.2, 0.25) is 0 Å². The SMILES string of the molecule is CCC(CCN)Oc1ccc(C(C)N2CCN(c3ccc(Cl)c(OC)c3)CC2)c(C)c1C. The van der Waals surface area contributed by atoms with E-state index in [0.717, 1.165) is 56.2 Å². The van der Waals surface area contributed by atoms with Crippen molar-refractivity contribution in [3.8, 4) is 11.5 Å². The number of benzene rings is 2. The molecule has 5 nitrogen and oxygen atoms in total. The Hall–Kier alpha value is -1.95. The summed E-state index contributed by atoms with van der Waals surface area (Å²) in [6, 6.07) is 10.8. The van der Waals surface area contributed by atoms with Crippen molar-refractivity contribution in [3.63, 3.8) is 0 Å². The molecule has 2 N–H and O–H groups in total. The molecule has 6 heteroatoms. The molecule has 1 saturated heterocycles. The lowest BCUT2D eigenvalue weighted by Crippen LogP contribution is -2.47. The number of ether oxygens (including phenoxy) is 2. The zero-order chi connectivity index (χ0) is 23.3. The number of piperazine rings is 1. The van der Waals surface area contributed by atoms with Gasteiger partial charge in [-0.1, -0.05) is 24.6 Å². The molecule has 1 heterocycles. The first-order chi connectivity index (χ1) is 15.4. The highest BCUT2D eigenvalue weighted by Crippen LogP contribution is 2.33. The average molecular weight is 460 g/mol. The summed E-state index contributed by atoms with van der Waals surface area (Å²) >= 11 is 6.19. The summed E-state index contributed by atoms with van der Waals surface area (Å²) in [5.41, 5.74) is 10.8. The number of halogens is 1. The molecular formula is C26H38ClN3O2. The first kappa shape index (κ1) is 24.7. The van der Waals surface area contributed by atoms with E-state index in [9.17, 15) is 0 Å². The highest BCUT2D eigenvalue weighted by molar-refractivity contribution is 6.32. The van der Waals surface area contributed by atoms with Gasteiger partial charge in [-0.05, 0) is 75.0 Å². The summed E-state index contributed by atoms with van der Waals surface area (Å²) in [6.07, 6.45) is 2.04. The van der Waals surface area contributed by atoms with E-state index < -0.39 is 0 Å². The normalized spacial score (nSPS) is 16.7. The topological polar surface area (TPSA) is 51.0 Å². The quantitative estimate of drug-likeness (QED) is 0.547. The largest absolute Gasteiger partial charge is 0.495 e. The number of nitrogens with two attached hydrogens (primary N) is 1. The molecule has 0 radical (unpaired) electrons. The van der Waals surface area contributed by atoms with Gasteiger partial charge in [0.1, 0.15) is 11.5 Å². The molecule has 0 spiro atoms. The molecule has 0 aliphatic carbocycles. The van der Waals surface area contributed by atoms with Gasteiger partial charge in [0.25, 0.3) is 0 Å². The smallest absolute Gasteiger partial charge is 0.139 e. The fraction of sp³-hybridized carbons (Fsp3) is 0.538. The Labute approximate surface area is 198 Å². The Balaban J connectivity index is 1.67. The van der Waals surface area contributed by atoms with Crippen LogP contribution in [0.1, 0.15) is 49.4 Å². The first-order valence-electron chi connectivity index (χ1n) is 11.7. The van der Waals surface area contributed by atoms with Crippen molar-refractivity contribution in [2.24, 2.45) is 5.73 Å². The number of hydrogen-bond acceptors (Lipinski definition) is 5. The lowest BCUT2D eigenvalue weighted by molar-refractivity contribution is 0.186. The van der Waals surface area contributed by atoms with Crippen molar-refractivity contribution in [3.05, 3.63) is 52.0 Å². The van der Waals surface area contributed by atoms with Gasteiger partial charge < -0.3 is 20.1 Å². The van der Waals surface area contributed by atoms with Crippen molar-refractivity contribution in [1.29, 1.82) is 0 Å². The van der Waals surface area contributed by atoms with Crippen LogP contribution in [0.3, 0.4) is 0 Å². The molecule has 0 saturated carbocycles. The number of methoxy groups -OCH3 is 1. The van der Waals surface area contributed by atoms with Crippen LogP contribution in [0.4, 0.5) is 5.69 Å². The van der Waals surface area contributed by atoms with Crippen LogP contribution in [-0.4, -0.2) is 50.8 Å². The van der Waals surface area contributed by atoms with Crippen molar-refractivity contribution in [1.82, 2.24) is 4.90 Å². The molecule has 2 aromatic rings. The maximum atomic E-state index is 6.27. The van der Waals surface area contributed by atoms with Crippen molar-refractivity contribution >= 4 is 17.3 Å². The second-order valence-corrected chi connectivity index (χ2v) is 9.05. The van der Waals surface area contributed by atoms with Crippen LogP contribution in [0.5, 0.6) is 11.5 Å². The standard InChI is InChI=1S/C26H38ClN3O2/c1-6-22(11-12-28)32-25-10-8-23(18(2)19(25)3)20(4)29-13-15-30(16-14-29)21-7-9-24(27)26(17-21)31-5/h7-10,17,20,22H,6,11-16,28H2,1-5H3. The van der Waals surface area contributed by atoms with Crippen molar-refractivity contribution in [2.75, 3.05) is 44.7 Å². The van der Waals surface area contributed by atoms with Gasteiger partial charge in [-0.25, -0.2) is 0 Å². The van der Waals surface area contributed by atoms with Crippen LogP contribution in [0.15, 0.2) is 30.3 Å². The number of rotatable bonds is 9. The molecule has 2 unspecified atom stereocenters. The number of anilines is 1. The minimum absolute atomic E-state index is 0.181. The Morgan fingerprint density at radius 3 is 2.38 bits per heavy atom. The van der Waals surface area contributed by atoms with Gasteiger partial charge in [0, 0.05) is 44.0 Å². The van der Waals surface area contributed by atoms with E-state index in [1.807, 2.05) is 12.1 Å². The van der Waals surface area contributed by atoms with Crippen LogP contribution in [0.2, 0.25) is 5.02 Å². The Morgan fingerprint density at radius 1 is 1.03 bits per heavy atom. The fourth-order valence-corrected chi connectivity index (χ4v) is 4.71. The van der Waals surface area contributed by atoms with Gasteiger partial charge >= 0.3 is 0 Å². The summed E-state index contributed by atoms with van der Waals surface area (Å²) in [5, 5.41) is 0.648. The summed E-state index contributed by atoms with van der Waals surface area (Å²) in [5.74, 6) is 1.71. The van der Waals surface area contributed by atoms with E-state index in [4.69, 9.17) is 26.8 Å². The van der Waals surface area contributed by atoms with Crippen LogP contribution in [0, 0.1) is 13.8 Å². The minimum Gasteiger partial charge on any atom is -0.495 e. The molecule has 1 aliphatic rings. The van der Waals surface area contributed by atoms with Gasteiger partial charge in [-0.15, -0.1) is 0 Å². The highest BCUT2D eigenvalue weighted by atomic mass is 35.5. The average Bonchev–Trinajstić information content (AvgIpc) is 2.81. The number of hydrogen-bond donors (Lipinski definition) is 1. The van der Waals surface area contributed by atoms with Gasteiger partial charge in [-0.3, -0.25) is 4.90 Å².